The molecule has 0 radical (unpaired) electrons. The fourth-order valence-electron chi connectivity index (χ4n) is 3.10. The van der Waals surface area contributed by atoms with E-state index in [9.17, 15) is 14.9 Å². The second-order valence-electron chi connectivity index (χ2n) is 7.05. The Balaban J connectivity index is 1.70. The number of anilines is 1. The lowest BCUT2D eigenvalue weighted by Gasteiger charge is -2.18. The summed E-state index contributed by atoms with van der Waals surface area (Å²) < 4.78 is 13.3. The van der Waals surface area contributed by atoms with E-state index in [-0.39, 0.29) is 11.6 Å². The number of carbonyl (C=O) groups excluding carboxylic acids is 1. The Bertz CT molecular complexity index is 1140. The van der Waals surface area contributed by atoms with Gasteiger partial charge in [-0.05, 0) is 39.0 Å². The van der Waals surface area contributed by atoms with Gasteiger partial charge in [0.15, 0.2) is 28.6 Å². The molecular weight excluding hydrogens is 446 g/mol. The molecular formula is C22H25N5O5S. The number of non-ortho nitro benzene ring substituents is 1. The first-order valence-corrected chi connectivity index (χ1v) is 11.2. The molecule has 0 fully saturated rings. The smallest absolute Gasteiger partial charge is 0.271 e. The van der Waals surface area contributed by atoms with Crippen molar-refractivity contribution in [1.82, 2.24) is 14.8 Å². The molecule has 1 N–H and O–H groups in total. The van der Waals surface area contributed by atoms with Crippen LogP contribution in [-0.2, 0) is 11.3 Å². The highest BCUT2D eigenvalue weighted by Gasteiger charge is 2.23. The lowest BCUT2D eigenvalue weighted by molar-refractivity contribution is -0.384. The Morgan fingerprint density at radius 1 is 1.18 bits per heavy atom. The van der Waals surface area contributed by atoms with Crippen LogP contribution in [0.2, 0.25) is 0 Å². The first-order chi connectivity index (χ1) is 15.8. The van der Waals surface area contributed by atoms with Crippen molar-refractivity contribution in [1.29, 1.82) is 0 Å². The monoisotopic (exact) mass is 471 g/mol. The van der Waals surface area contributed by atoms with Crippen molar-refractivity contribution in [3.63, 3.8) is 0 Å². The molecule has 2 atom stereocenters. The van der Waals surface area contributed by atoms with Crippen LogP contribution < -0.4 is 14.8 Å². The molecule has 1 amide bonds. The van der Waals surface area contributed by atoms with Gasteiger partial charge in [0.05, 0.1) is 17.3 Å². The largest absolute Gasteiger partial charge is 0.493 e. The van der Waals surface area contributed by atoms with Gasteiger partial charge in [0, 0.05) is 24.4 Å². The average Bonchev–Trinajstić information content (AvgIpc) is 3.22. The van der Waals surface area contributed by atoms with E-state index in [2.05, 4.69) is 15.5 Å². The van der Waals surface area contributed by atoms with Gasteiger partial charge in [0.25, 0.3) is 5.69 Å². The van der Waals surface area contributed by atoms with Crippen LogP contribution in [0.25, 0.3) is 0 Å². The van der Waals surface area contributed by atoms with Crippen molar-refractivity contribution in [2.24, 2.45) is 0 Å². The maximum absolute atomic E-state index is 12.7. The number of ether oxygens (including phenoxy) is 2. The fourth-order valence-corrected chi connectivity index (χ4v) is 4.02. The van der Waals surface area contributed by atoms with Crippen molar-refractivity contribution < 1.29 is 19.2 Å². The zero-order valence-corrected chi connectivity index (χ0v) is 19.5. The minimum Gasteiger partial charge on any atom is -0.493 e. The number of rotatable bonds is 10. The van der Waals surface area contributed by atoms with Gasteiger partial charge >= 0.3 is 0 Å². The number of nitrogens with one attached hydrogen (secondary N) is 1. The molecule has 0 saturated carbocycles. The van der Waals surface area contributed by atoms with E-state index in [0.717, 1.165) is 0 Å². The minimum atomic E-state index is -0.517. The van der Waals surface area contributed by atoms with Gasteiger partial charge in [0.1, 0.15) is 0 Å². The highest BCUT2D eigenvalue weighted by Crippen LogP contribution is 2.32. The van der Waals surface area contributed by atoms with Gasteiger partial charge in [-0.25, -0.2) is 0 Å². The molecule has 0 aliphatic heterocycles. The van der Waals surface area contributed by atoms with Gasteiger partial charge in [-0.1, -0.05) is 30.0 Å². The standard InChI is InChI=1S/C22H25N5O5S/c1-5-26-20(14(2)32-19-12-7-6-11-18(19)31-4)24-25-22(26)33-15(3)21(28)23-16-9-8-10-17(13-16)27(29)30/h6-15H,5H2,1-4H3,(H,23,28). The van der Waals surface area contributed by atoms with Crippen molar-refractivity contribution in [3.05, 3.63) is 64.5 Å². The van der Waals surface area contributed by atoms with E-state index in [1.807, 2.05) is 42.7 Å². The Morgan fingerprint density at radius 3 is 2.58 bits per heavy atom. The predicted molar refractivity (Wildman–Crippen MR) is 125 cm³/mol. The number of methoxy groups -OCH3 is 1. The maximum Gasteiger partial charge on any atom is 0.271 e. The van der Waals surface area contributed by atoms with E-state index in [1.54, 1.807) is 20.1 Å². The number of nitrogens with zero attached hydrogens (tertiary/aromatic N) is 4. The Labute approximate surface area is 195 Å². The highest BCUT2D eigenvalue weighted by atomic mass is 32.2. The van der Waals surface area contributed by atoms with Crippen LogP contribution in [0.15, 0.2) is 53.7 Å². The van der Waals surface area contributed by atoms with Crippen molar-refractivity contribution in [2.45, 2.75) is 43.8 Å². The number of carbonyl (C=O) groups is 1. The van der Waals surface area contributed by atoms with E-state index < -0.39 is 16.3 Å². The van der Waals surface area contributed by atoms with Gasteiger partial charge in [-0.3, -0.25) is 14.9 Å². The second-order valence-corrected chi connectivity index (χ2v) is 8.36. The van der Waals surface area contributed by atoms with Crippen molar-refractivity contribution in [2.75, 3.05) is 12.4 Å². The van der Waals surface area contributed by atoms with E-state index in [0.29, 0.717) is 34.7 Å². The molecule has 0 aliphatic rings. The molecule has 0 spiro atoms. The number of nitro groups is 1. The van der Waals surface area contributed by atoms with E-state index in [4.69, 9.17) is 9.47 Å². The summed E-state index contributed by atoms with van der Waals surface area (Å²) in [5.74, 6) is 1.54. The minimum absolute atomic E-state index is 0.0903. The summed E-state index contributed by atoms with van der Waals surface area (Å²) in [4.78, 5) is 23.1. The molecule has 3 rings (SSSR count). The van der Waals surface area contributed by atoms with Crippen LogP contribution in [0.4, 0.5) is 11.4 Å². The molecule has 3 aromatic rings. The summed E-state index contributed by atoms with van der Waals surface area (Å²) in [5.41, 5.74) is 0.269. The maximum atomic E-state index is 12.7. The average molecular weight is 472 g/mol. The van der Waals surface area contributed by atoms with E-state index in [1.165, 1.54) is 30.0 Å². The summed E-state index contributed by atoms with van der Waals surface area (Å²) in [6, 6.07) is 13.2. The molecule has 2 unspecified atom stereocenters. The fraction of sp³-hybridized carbons (Fsp3) is 0.318. The molecule has 1 heterocycles. The number of aromatic nitrogens is 3. The third kappa shape index (κ3) is 5.80. The number of hydrogen-bond acceptors (Lipinski definition) is 8. The number of amides is 1. The number of thioether (sulfide) groups is 1. The van der Waals surface area contributed by atoms with Crippen LogP contribution in [0.3, 0.4) is 0 Å². The first kappa shape index (κ1) is 24.1. The van der Waals surface area contributed by atoms with Gasteiger partial charge in [-0.15, -0.1) is 10.2 Å². The summed E-state index contributed by atoms with van der Waals surface area (Å²) in [7, 11) is 1.58. The molecule has 10 nitrogen and oxygen atoms in total. The number of para-hydroxylation sites is 2. The first-order valence-electron chi connectivity index (χ1n) is 10.3. The molecule has 174 valence electrons. The van der Waals surface area contributed by atoms with Gasteiger partial charge in [0.2, 0.25) is 5.91 Å². The topological polar surface area (TPSA) is 121 Å². The summed E-state index contributed by atoms with van der Waals surface area (Å²) in [5, 5.41) is 22.3. The van der Waals surface area contributed by atoms with E-state index >= 15 is 0 Å². The predicted octanol–water partition coefficient (Wildman–Crippen LogP) is 4.47. The summed E-state index contributed by atoms with van der Waals surface area (Å²) in [6.07, 6.45) is -0.405. The van der Waals surface area contributed by atoms with Gasteiger partial charge < -0.3 is 19.4 Å². The normalized spacial score (nSPS) is 12.6. The SMILES string of the molecule is CCn1c(SC(C)C(=O)Nc2cccc([N+](=O)[O-])c2)nnc1C(C)Oc1ccccc1OC. The number of nitro benzene ring substituents is 1. The quantitative estimate of drug-likeness (QED) is 0.261. The van der Waals surface area contributed by atoms with Crippen LogP contribution >= 0.6 is 11.8 Å². The Kier molecular flexibility index (Phi) is 7.88. The van der Waals surface area contributed by atoms with Crippen molar-refractivity contribution in [3.8, 4) is 11.5 Å². The number of hydrogen-bond donors (Lipinski definition) is 1. The molecule has 11 heteroatoms. The lowest BCUT2D eigenvalue weighted by atomic mass is 10.2. The van der Waals surface area contributed by atoms with Gasteiger partial charge in [-0.2, -0.15) is 0 Å². The zero-order valence-electron chi connectivity index (χ0n) is 18.7. The Morgan fingerprint density at radius 2 is 1.91 bits per heavy atom. The third-order valence-corrected chi connectivity index (χ3v) is 5.85. The molecule has 0 bridgehead atoms. The summed E-state index contributed by atoms with van der Waals surface area (Å²) >= 11 is 1.25. The lowest BCUT2D eigenvalue weighted by Crippen LogP contribution is -2.23. The van der Waals surface area contributed by atoms with Crippen LogP contribution in [0.5, 0.6) is 11.5 Å². The molecule has 0 saturated heterocycles. The highest BCUT2D eigenvalue weighted by molar-refractivity contribution is 8.00. The van der Waals surface area contributed by atoms with Crippen LogP contribution in [-0.4, -0.2) is 38.0 Å². The number of benzene rings is 2. The van der Waals surface area contributed by atoms with Crippen LogP contribution in [0, 0.1) is 10.1 Å². The molecule has 33 heavy (non-hydrogen) atoms. The molecule has 0 aliphatic carbocycles. The third-order valence-electron chi connectivity index (χ3n) is 4.77. The zero-order chi connectivity index (χ0) is 24.0. The summed E-state index contributed by atoms with van der Waals surface area (Å²) in [6.45, 7) is 6.15. The van der Waals surface area contributed by atoms with Crippen molar-refractivity contribution >= 4 is 29.0 Å². The molecule has 2 aromatic carbocycles. The van der Waals surface area contributed by atoms with Crippen LogP contribution in [0.1, 0.15) is 32.7 Å². The second kappa shape index (κ2) is 10.8. The molecule has 1 aromatic heterocycles. The Hall–Kier alpha value is -3.60.